The molecule has 2 aromatic rings. The summed E-state index contributed by atoms with van der Waals surface area (Å²) in [4.78, 5) is 42.2. The van der Waals surface area contributed by atoms with Crippen molar-refractivity contribution in [3.8, 4) is 0 Å². The summed E-state index contributed by atoms with van der Waals surface area (Å²) >= 11 is 3.52. The van der Waals surface area contributed by atoms with Crippen molar-refractivity contribution in [1.82, 2.24) is 0 Å². The Morgan fingerprint density at radius 3 is 1.32 bits per heavy atom. The molecule has 2 aromatic heterocycles. The number of Topliss-reactive ketones (excluding diaryl/α,β-unsaturated/α-hetero) is 1. The monoisotopic (exact) mass is 590 g/mol. The smallest absolute Gasteiger partial charge is 0.305 e. The number of unbranched alkanes of at least 4 members (excludes halogenated alkanes) is 8. The molecular weight excluding hydrogens is 540 g/mol. The van der Waals surface area contributed by atoms with Crippen molar-refractivity contribution in [1.29, 1.82) is 0 Å². The molecule has 0 amide bonds. The van der Waals surface area contributed by atoms with Crippen molar-refractivity contribution in [2.45, 2.75) is 129 Å². The lowest BCUT2D eigenvalue weighted by atomic mass is 9.84. The maximum absolute atomic E-state index is 14.2. The predicted molar refractivity (Wildman–Crippen MR) is 167 cm³/mol. The lowest BCUT2D eigenvalue weighted by Crippen LogP contribution is -2.20. The third-order valence-corrected chi connectivity index (χ3v) is 9.48. The van der Waals surface area contributed by atoms with E-state index in [2.05, 4.69) is 38.1 Å². The van der Waals surface area contributed by atoms with E-state index in [0.717, 1.165) is 77.0 Å². The van der Waals surface area contributed by atoms with Gasteiger partial charge < -0.3 is 9.47 Å². The molecule has 2 rings (SSSR count). The Hall–Kier alpha value is -1.99. The number of ether oxygens (including phenoxy) is 2. The van der Waals surface area contributed by atoms with E-state index in [1.807, 2.05) is 13.8 Å². The van der Waals surface area contributed by atoms with Gasteiger partial charge in [0, 0.05) is 32.4 Å². The van der Waals surface area contributed by atoms with Gasteiger partial charge in [-0.2, -0.15) is 0 Å². The number of rotatable bonds is 22. The van der Waals surface area contributed by atoms with Gasteiger partial charge >= 0.3 is 11.9 Å². The van der Waals surface area contributed by atoms with Crippen LogP contribution in [0.1, 0.15) is 135 Å². The van der Waals surface area contributed by atoms with Gasteiger partial charge in [0.05, 0.1) is 25.0 Å². The molecule has 5 nitrogen and oxygen atoms in total. The predicted octanol–water partition coefficient (Wildman–Crippen LogP) is 9.45. The van der Waals surface area contributed by atoms with Crippen LogP contribution in [0.2, 0.25) is 0 Å². The molecule has 0 bridgehead atoms. The van der Waals surface area contributed by atoms with Crippen LogP contribution < -0.4 is 0 Å². The second-order valence-electron chi connectivity index (χ2n) is 10.6. The van der Waals surface area contributed by atoms with Crippen LogP contribution in [0.25, 0.3) is 0 Å². The lowest BCUT2D eigenvalue weighted by Gasteiger charge is -2.22. The van der Waals surface area contributed by atoms with E-state index in [1.165, 1.54) is 19.5 Å². The summed E-state index contributed by atoms with van der Waals surface area (Å²) in [5.74, 6) is 0.0410. The first-order chi connectivity index (χ1) is 19.3. The minimum Gasteiger partial charge on any atom is -0.466 e. The van der Waals surface area contributed by atoms with E-state index in [1.54, 1.807) is 22.7 Å². The Morgan fingerprint density at radius 1 is 0.600 bits per heavy atom. The van der Waals surface area contributed by atoms with Crippen molar-refractivity contribution in [3.05, 3.63) is 43.8 Å². The first-order valence-electron chi connectivity index (χ1n) is 15.3. The van der Waals surface area contributed by atoms with E-state index < -0.39 is 0 Å². The Kier molecular flexibility index (Phi) is 17.1. The number of ketones is 1. The number of aryl methyl sites for hydroxylation is 2. The summed E-state index contributed by atoms with van der Waals surface area (Å²) in [6.07, 6.45) is 12.9. The SMILES string of the molecule is CCOC(=O)CCCCCCCC(C(=O)C(CCCCCCCC(=O)OCC)c1ccc(C)s1)c1ccc(C)s1. The number of hydrogen-bond donors (Lipinski definition) is 0. The van der Waals surface area contributed by atoms with Crippen LogP contribution in [-0.2, 0) is 23.9 Å². The molecule has 0 aliphatic rings. The van der Waals surface area contributed by atoms with Gasteiger partial charge in [-0.1, -0.05) is 51.4 Å². The Morgan fingerprint density at radius 2 is 0.975 bits per heavy atom. The summed E-state index contributed by atoms with van der Waals surface area (Å²) in [7, 11) is 0. The zero-order valence-corrected chi connectivity index (χ0v) is 26.8. The quantitative estimate of drug-likeness (QED) is 0.101. The van der Waals surface area contributed by atoms with Crippen molar-refractivity contribution in [2.75, 3.05) is 13.2 Å². The molecule has 0 saturated heterocycles. The fraction of sp³-hybridized carbons (Fsp3) is 0.667. The molecule has 0 fully saturated rings. The average Bonchev–Trinajstić information content (AvgIpc) is 3.55. The van der Waals surface area contributed by atoms with Crippen LogP contribution in [0, 0.1) is 13.8 Å². The summed E-state index contributed by atoms with van der Waals surface area (Å²) < 4.78 is 10.0. The van der Waals surface area contributed by atoms with Gasteiger partial charge in [0.2, 0.25) is 0 Å². The standard InChI is InChI=1S/C33H50O5S2/c1-5-37-31(34)19-15-11-7-9-13-17-27(29-23-21-25(3)39-29)33(36)28(30-24-22-26(4)40-30)18-14-10-8-12-16-20-32(35)38-6-2/h21-24,27-28H,5-20H2,1-4H3. The fourth-order valence-corrected chi connectivity index (χ4v) is 7.18. The van der Waals surface area contributed by atoms with Crippen LogP contribution >= 0.6 is 22.7 Å². The lowest BCUT2D eigenvalue weighted by molar-refractivity contribution is -0.144. The van der Waals surface area contributed by atoms with Gasteiger partial charge in [0.1, 0.15) is 5.78 Å². The number of esters is 2. The highest BCUT2D eigenvalue weighted by Crippen LogP contribution is 2.38. The molecule has 0 spiro atoms. The number of hydrogen-bond acceptors (Lipinski definition) is 7. The molecule has 0 aliphatic carbocycles. The summed E-state index contributed by atoms with van der Waals surface area (Å²) in [5.41, 5.74) is 0. The topological polar surface area (TPSA) is 69.7 Å². The maximum atomic E-state index is 14.2. The normalized spacial score (nSPS) is 12.7. The maximum Gasteiger partial charge on any atom is 0.305 e. The number of carbonyl (C=O) groups excluding carboxylic acids is 3. The first-order valence-corrected chi connectivity index (χ1v) is 17.0. The Balaban J connectivity index is 1.92. The number of carbonyl (C=O) groups is 3. The van der Waals surface area contributed by atoms with E-state index in [-0.39, 0.29) is 23.8 Å². The van der Waals surface area contributed by atoms with Gasteiger partial charge in [0.25, 0.3) is 0 Å². The van der Waals surface area contributed by atoms with Gasteiger partial charge in [-0.15, -0.1) is 22.7 Å². The molecule has 224 valence electrons. The van der Waals surface area contributed by atoms with Crippen LogP contribution in [0.3, 0.4) is 0 Å². The second-order valence-corrected chi connectivity index (χ2v) is 13.3. The van der Waals surface area contributed by atoms with Crippen LogP contribution in [0.4, 0.5) is 0 Å². The third-order valence-electron chi connectivity index (χ3n) is 7.25. The third kappa shape index (κ3) is 13.1. The number of thiophene rings is 2. The van der Waals surface area contributed by atoms with Crippen molar-refractivity contribution in [3.63, 3.8) is 0 Å². The van der Waals surface area contributed by atoms with Gasteiger partial charge in [-0.3, -0.25) is 14.4 Å². The minimum atomic E-state index is -0.104. The van der Waals surface area contributed by atoms with E-state index >= 15 is 0 Å². The Bertz CT molecular complexity index is 930. The largest absolute Gasteiger partial charge is 0.466 e. The highest BCUT2D eigenvalue weighted by molar-refractivity contribution is 7.12. The zero-order chi connectivity index (χ0) is 29.2. The first kappa shape index (κ1) is 34.2. The van der Waals surface area contributed by atoms with Crippen molar-refractivity contribution < 1.29 is 23.9 Å². The summed E-state index contributed by atoms with van der Waals surface area (Å²) in [5, 5.41) is 0. The highest BCUT2D eigenvalue weighted by Gasteiger charge is 2.30. The van der Waals surface area contributed by atoms with Crippen LogP contribution in [0.15, 0.2) is 24.3 Å². The molecule has 7 heteroatoms. The molecular formula is C33H50O5S2. The van der Waals surface area contributed by atoms with Gasteiger partial charge in [-0.05, 0) is 77.6 Å². The molecule has 0 aliphatic heterocycles. The molecule has 0 saturated carbocycles. The van der Waals surface area contributed by atoms with E-state index in [4.69, 9.17) is 9.47 Å². The molecule has 2 heterocycles. The molecule has 2 atom stereocenters. The second kappa shape index (κ2) is 20.0. The van der Waals surface area contributed by atoms with Gasteiger partial charge in [0.15, 0.2) is 0 Å². The van der Waals surface area contributed by atoms with E-state index in [9.17, 15) is 14.4 Å². The Labute approximate surface area is 250 Å². The highest BCUT2D eigenvalue weighted by atomic mass is 32.1. The van der Waals surface area contributed by atoms with Crippen molar-refractivity contribution >= 4 is 40.4 Å². The van der Waals surface area contributed by atoms with E-state index in [0.29, 0.717) is 31.8 Å². The molecule has 0 N–H and O–H groups in total. The molecule has 40 heavy (non-hydrogen) atoms. The van der Waals surface area contributed by atoms with Crippen LogP contribution in [0.5, 0.6) is 0 Å². The zero-order valence-electron chi connectivity index (χ0n) is 25.1. The molecule has 0 aromatic carbocycles. The summed E-state index contributed by atoms with van der Waals surface area (Å²) in [6.45, 7) is 8.79. The van der Waals surface area contributed by atoms with Crippen LogP contribution in [-0.4, -0.2) is 30.9 Å². The minimum absolute atomic E-state index is 0.0600. The summed E-state index contributed by atoms with van der Waals surface area (Å²) in [6, 6.07) is 8.58. The average molecular weight is 591 g/mol. The van der Waals surface area contributed by atoms with Crippen molar-refractivity contribution in [2.24, 2.45) is 0 Å². The molecule has 2 unspecified atom stereocenters. The van der Waals surface area contributed by atoms with Gasteiger partial charge in [-0.25, -0.2) is 0 Å². The molecule has 0 radical (unpaired) electrons. The fourth-order valence-electron chi connectivity index (χ4n) is 5.14.